The molecule has 19 heavy (non-hydrogen) atoms. The molecule has 0 aliphatic carbocycles. The molecule has 0 spiro atoms. The molecule has 0 aliphatic heterocycles. The number of rotatable bonds is 5. The van der Waals surface area contributed by atoms with E-state index in [2.05, 4.69) is 20.3 Å². The minimum Gasteiger partial charge on any atom is -0.489 e. The Balaban J connectivity index is 2.28. The van der Waals surface area contributed by atoms with Crippen molar-refractivity contribution < 1.29 is 4.74 Å². The van der Waals surface area contributed by atoms with E-state index in [9.17, 15) is 0 Å². The number of pyridine rings is 1. The fraction of sp³-hybridized carbons (Fsp3) is 0.357. The van der Waals surface area contributed by atoms with Crippen molar-refractivity contribution >= 4 is 0 Å². The topological polar surface area (TPSA) is 59.9 Å². The maximum Gasteiger partial charge on any atom is 0.138 e. The van der Waals surface area contributed by atoms with E-state index in [4.69, 9.17) is 4.74 Å². The fourth-order valence-electron chi connectivity index (χ4n) is 1.92. The number of nitrogens with one attached hydrogen (secondary N) is 1. The summed E-state index contributed by atoms with van der Waals surface area (Å²) in [4.78, 5) is 12.3. The second kappa shape index (κ2) is 6.24. The van der Waals surface area contributed by atoms with E-state index in [1.165, 1.54) is 6.33 Å². The second-order valence-corrected chi connectivity index (χ2v) is 4.51. The van der Waals surface area contributed by atoms with Crippen LogP contribution in [0.1, 0.15) is 31.0 Å². The highest BCUT2D eigenvalue weighted by Gasteiger charge is 2.14. The van der Waals surface area contributed by atoms with Gasteiger partial charge in [-0.2, -0.15) is 0 Å². The predicted molar refractivity (Wildman–Crippen MR) is 72.9 cm³/mol. The van der Waals surface area contributed by atoms with Crippen LogP contribution in [-0.2, 0) is 0 Å². The molecule has 2 rings (SSSR count). The summed E-state index contributed by atoms with van der Waals surface area (Å²) in [5.41, 5.74) is 2.02. The van der Waals surface area contributed by atoms with Gasteiger partial charge in [0.05, 0.1) is 18.3 Å². The lowest BCUT2D eigenvalue weighted by molar-refractivity contribution is 0.241. The highest BCUT2D eigenvalue weighted by atomic mass is 16.5. The zero-order valence-corrected chi connectivity index (χ0v) is 11.4. The first-order chi connectivity index (χ1) is 9.20. The number of hydrogen-bond donors (Lipinski definition) is 1. The fourth-order valence-corrected chi connectivity index (χ4v) is 1.92. The molecule has 0 aliphatic rings. The lowest BCUT2D eigenvalue weighted by Crippen LogP contribution is -2.18. The van der Waals surface area contributed by atoms with E-state index in [1.807, 2.05) is 33.2 Å². The Morgan fingerprint density at radius 1 is 1.00 bits per heavy atom. The molecule has 5 nitrogen and oxygen atoms in total. The van der Waals surface area contributed by atoms with Crippen LogP contribution in [0.4, 0.5) is 0 Å². The van der Waals surface area contributed by atoms with Gasteiger partial charge in [0, 0.05) is 24.2 Å². The molecule has 0 aromatic carbocycles. The van der Waals surface area contributed by atoms with Gasteiger partial charge in [0.2, 0.25) is 0 Å². The van der Waals surface area contributed by atoms with Crippen molar-refractivity contribution in [2.24, 2.45) is 0 Å². The van der Waals surface area contributed by atoms with Crippen LogP contribution in [0.15, 0.2) is 37.2 Å². The van der Waals surface area contributed by atoms with Crippen molar-refractivity contribution in [2.75, 3.05) is 7.05 Å². The van der Waals surface area contributed by atoms with E-state index in [0.717, 1.165) is 16.9 Å². The summed E-state index contributed by atoms with van der Waals surface area (Å²) in [5.74, 6) is 0.768. The van der Waals surface area contributed by atoms with E-state index < -0.39 is 0 Å². The average molecular weight is 258 g/mol. The van der Waals surface area contributed by atoms with Gasteiger partial charge in [-0.1, -0.05) is 0 Å². The maximum absolute atomic E-state index is 5.66. The summed E-state index contributed by atoms with van der Waals surface area (Å²) in [7, 11) is 1.90. The third-order valence-electron chi connectivity index (χ3n) is 2.64. The molecule has 0 radical (unpaired) electrons. The molecule has 0 saturated heterocycles. The lowest BCUT2D eigenvalue weighted by Gasteiger charge is -2.17. The van der Waals surface area contributed by atoms with Crippen molar-refractivity contribution in [3.05, 3.63) is 48.3 Å². The Hall–Kier alpha value is -2.01. The van der Waals surface area contributed by atoms with Crippen molar-refractivity contribution in [2.45, 2.75) is 26.0 Å². The zero-order chi connectivity index (χ0) is 13.7. The largest absolute Gasteiger partial charge is 0.489 e. The highest BCUT2D eigenvalue weighted by molar-refractivity contribution is 5.32. The summed E-state index contributed by atoms with van der Waals surface area (Å²) in [6.45, 7) is 3.99. The molecule has 0 fully saturated rings. The zero-order valence-electron chi connectivity index (χ0n) is 11.4. The number of nitrogens with zero attached hydrogens (tertiary/aromatic N) is 3. The summed E-state index contributed by atoms with van der Waals surface area (Å²) < 4.78 is 5.66. The molecule has 2 aromatic heterocycles. The van der Waals surface area contributed by atoms with Crippen molar-refractivity contribution in [3.8, 4) is 5.75 Å². The van der Waals surface area contributed by atoms with Crippen LogP contribution < -0.4 is 10.1 Å². The normalized spacial score (nSPS) is 12.4. The van der Waals surface area contributed by atoms with E-state index in [0.29, 0.717) is 0 Å². The molecule has 0 amide bonds. The van der Waals surface area contributed by atoms with Gasteiger partial charge in [0.1, 0.15) is 12.1 Å². The van der Waals surface area contributed by atoms with Crippen LogP contribution >= 0.6 is 0 Å². The van der Waals surface area contributed by atoms with E-state index in [1.54, 1.807) is 18.6 Å². The third kappa shape index (κ3) is 3.48. The van der Waals surface area contributed by atoms with Gasteiger partial charge in [-0.05, 0) is 32.5 Å². The molecule has 2 heterocycles. The minimum atomic E-state index is 0.00409. The maximum atomic E-state index is 5.66. The summed E-state index contributed by atoms with van der Waals surface area (Å²) >= 11 is 0. The van der Waals surface area contributed by atoms with Crippen molar-refractivity contribution in [3.63, 3.8) is 0 Å². The Labute approximate surface area is 113 Å². The molecule has 5 heteroatoms. The van der Waals surface area contributed by atoms with Gasteiger partial charge in [0.15, 0.2) is 0 Å². The Kier molecular flexibility index (Phi) is 4.41. The average Bonchev–Trinajstić information content (AvgIpc) is 2.40. The van der Waals surface area contributed by atoms with Crippen LogP contribution in [0.25, 0.3) is 0 Å². The summed E-state index contributed by atoms with van der Waals surface area (Å²) in [5, 5.41) is 3.24. The molecular weight excluding hydrogens is 240 g/mol. The van der Waals surface area contributed by atoms with E-state index in [-0.39, 0.29) is 12.1 Å². The SMILES string of the molecule is CNC(c1cncnc1)c1cncc(OC(C)C)c1. The van der Waals surface area contributed by atoms with Gasteiger partial charge in [-0.3, -0.25) is 4.98 Å². The lowest BCUT2D eigenvalue weighted by atomic mass is 10.0. The molecular formula is C14H18N4O. The Morgan fingerprint density at radius 3 is 2.32 bits per heavy atom. The number of ether oxygens (including phenoxy) is 1. The molecule has 1 N–H and O–H groups in total. The van der Waals surface area contributed by atoms with Gasteiger partial charge < -0.3 is 10.1 Å². The Morgan fingerprint density at radius 2 is 1.68 bits per heavy atom. The minimum absolute atomic E-state index is 0.00409. The highest BCUT2D eigenvalue weighted by Crippen LogP contribution is 2.23. The van der Waals surface area contributed by atoms with Gasteiger partial charge in [0.25, 0.3) is 0 Å². The number of hydrogen-bond acceptors (Lipinski definition) is 5. The summed E-state index contributed by atoms with van der Waals surface area (Å²) in [6.07, 6.45) is 8.78. The van der Waals surface area contributed by atoms with Crippen LogP contribution in [0.5, 0.6) is 5.75 Å². The summed E-state index contributed by atoms with van der Waals surface area (Å²) in [6, 6.07) is 1.99. The molecule has 1 atom stereocenters. The van der Waals surface area contributed by atoms with Gasteiger partial charge in [-0.25, -0.2) is 9.97 Å². The Bertz CT molecular complexity index is 516. The van der Waals surface area contributed by atoms with E-state index >= 15 is 0 Å². The molecule has 2 aromatic rings. The molecule has 1 unspecified atom stereocenters. The van der Waals surface area contributed by atoms with Crippen LogP contribution in [-0.4, -0.2) is 28.1 Å². The van der Waals surface area contributed by atoms with Crippen LogP contribution in [0.3, 0.4) is 0 Å². The van der Waals surface area contributed by atoms with Crippen LogP contribution in [0, 0.1) is 0 Å². The third-order valence-corrected chi connectivity index (χ3v) is 2.64. The molecule has 0 saturated carbocycles. The first-order valence-corrected chi connectivity index (χ1v) is 6.24. The van der Waals surface area contributed by atoms with Gasteiger partial charge in [-0.15, -0.1) is 0 Å². The first-order valence-electron chi connectivity index (χ1n) is 6.24. The second-order valence-electron chi connectivity index (χ2n) is 4.51. The van der Waals surface area contributed by atoms with Crippen LogP contribution in [0.2, 0.25) is 0 Å². The van der Waals surface area contributed by atoms with Crippen molar-refractivity contribution in [1.29, 1.82) is 0 Å². The number of aromatic nitrogens is 3. The standard InChI is InChI=1S/C14H18N4O/c1-10(2)19-13-4-11(5-16-8-13)14(15-3)12-6-17-9-18-7-12/h4-10,14-15H,1-3H3. The smallest absolute Gasteiger partial charge is 0.138 e. The molecule has 100 valence electrons. The van der Waals surface area contributed by atoms with Gasteiger partial charge >= 0.3 is 0 Å². The first kappa shape index (κ1) is 13.4. The van der Waals surface area contributed by atoms with Crippen molar-refractivity contribution in [1.82, 2.24) is 20.3 Å². The predicted octanol–water partition coefficient (Wildman–Crippen LogP) is 1.97. The quantitative estimate of drug-likeness (QED) is 0.888. The monoisotopic (exact) mass is 258 g/mol. The molecule has 0 bridgehead atoms.